The van der Waals surface area contributed by atoms with Crippen LogP contribution in [0.15, 0.2) is 53.4 Å². The quantitative estimate of drug-likeness (QED) is 0.299. The third-order valence-corrected chi connectivity index (χ3v) is 8.19. The molecular weight excluding hydrogens is 450 g/mol. The molecule has 2 saturated heterocycles. The summed E-state index contributed by atoms with van der Waals surface area (Å²) in [4.78, 5) is 37.9. The van der Waals surface area contributed by atoms with Crippen LogP contribution >= 0.6 is 35.1 Å². The molecule has 1 amide bonds. The minimum absolute atomic E-state index is 0.0367. The number of hydrogen-bond acceptors (Lipinski definition) is 8. The summed E-state index contributed by atoms with van der Waals surface area (Å²) in [6, 6.07) is 12.2. The number of ether oxygens (including phenoxy) is 1. The zero-order chi connectivity index (χ0) is 21.5. The molecule has 4 rings (SSSR count). The molecule has 0 radical (unpaired) electrons. The maximum absolute atomic E-state index is 13.1. The summed E-state index contributed by atoms with van der Waals surface area (Å²) in [5.41, 5.74) is 6.49. The van der Waals surface area contributed by atoms with Gasteiger partial charge in [-0.15, -0.1) is 11.8 Å². The Morgan fingerprint density at radius 2 is 1.97 bits per heavy atom. The minimum Gasteiger partial charge on any atom is -0.459 e. The number of thioether (sulfide) groups is 2. The number of nitro groups is 1. The van der Waals surface area contributed by atoms with Gasteiger partial charge in [-0.1, -0.05) is 23.4 Å². The molecule has 0 bridgehead atoms. The zero-order valence-corrected chi connectivity index (χ0v) is 17.8. The van der Waals surface area contributed by atoms with E-state index in [1.807, 2.05) is 0 Å². The van der Waals surface area contributed by atoms with Crippen LogP contribution < -0.4 is 5.73 Å². The van der Waals surface area contributed by atoms with Gasteiger partial charge in [0.05, 0.1) is 11.5 Å². The lowest BCUT2D eigenvalue weighted by Gasteiger charge is -2.38. The Morgan fingerprint density at radius 3 is 2.57 bits per heavy atom. The predicted molar refractivity (Wildman–Crippen MR) is 114 cm³/mol. The van der Waals surface area contributed by atoms with E-state index >= 15 is 0 Å². The summed E-state index contributed by atoms with van der Waals surface area (Å²) >= 11 is 8.56. The van der Waals surface area contributed by atoms with E-state index in [2.05, 4.69) is 0 Å². The molecule has 2 aromatic carbocycles. The molecule has 2 aromatic rings. The Morgan fingerprint density at radius 1 is 1.30 bits per heavy atom. The first-order valence-corrected chi connectivity index (χ1v) is 11.0. The largest absolute Gasteiger partial charge is 0.459 e. The fourth-order valence-electron chi connectivity index (χ4n) is 3.19. The predicted octanol–water partition coefficient (Wildman–Crippen LogP) is 3.02. The van der Waals surface area contributed by atoms with Gasteiger partial charge < -0.3 is 15.4 Å². The molecule has 0 aromatic heterocycles. The van der Waals surface area contributed by atoms with Crippen molar-refractivity contribution in [2.24, 2.45) is 5.73 Å². The Kier molecular flexibility index (Phi) is 5.67. The monoisotopic (exact) mass is 465 g/mol. The zero-order valence-electron chi connectivity index (χ0n) is 15.4. The summed E-state index contributed by atoms with van der Waals surface area (Å²) in [6.07, 6.45) is 0. The summed E-state index contributed by atoms with van der Waals surface area (Å²) in [6.45, 7) is 0.145. The number of carbonyl (C=O) groups is 2. The van der Waals surface area contributed by atoms with E-state index in [0.717, 1.165) is 4.90 Å². The highest BCUT2D eigenvalue weighted by molar-refractivity contribution is 8.20. The second-order valence-electron chi connectivity index (χ2n) is 6.81. The Balaban J connectivity index is 1.51. The number of esters is 1. The summed E-state index contributed by atoms with van der Waals surface area (Å²) in [5.74, 6) is -0.672. The second kappa shape index (κ2) is 8.10. The third kappa shape index (κ3) is 3.87. The molecular formula is C19H16ClN3O5S2. The average Bonchev–Trinajstić information content (AvgIpc) is 3.10. The standard InChI is InChI=1S/C19H16ClN3O5S2/c20-12-3-7-14(8-4-12)29-19(10-22-16(24)15(21)17(22)30-19)18(25)28-9-11-1-5-13(6-2-11)23(26)27/h1-8,15,17H,9-10,21H2/t15-,17-,19-/m1/s1. The van der Waals surface area contributed by atoms with Crippen LogP contribution in [0.4, 0.5) is 5.69 Å². The van der Waals surface area contributed by atoms with E-state index in [9.17, 15) is 19.7 Å². The average molecular weight is 466 g/mol. The molecule has 0 spiro atoms. The van der Waals surface area contributed by atoms with E-state index in [1.165, 1.54) is 35.7 Å². The van der Waals surface area contributed by atoms with E-state index in [1.54, 1.807) is 41.3 Å². The summed E-state index contributed by atoms with van der Waals surface area (Å²) in [7, 11) is 0. The molecule has 3 atom stereocenters. The highest BCUT2D eigenvalue weighted by atomic mass is 35.5. The highest BCUT2D eigenvalue weighted by Gasteiger charge is 2.61. The number of nitrogens with two attached hydrogens (primary N) is 1. The number of amides is 1. The van der Waals surface area contributed by atoms with Crippen LogP contribution in [0.25, 0.3) is 0 Å². The van der Waals surface area contributed by atoms with Crippen molar-refractivity contribution in [1.82, 2.24) is 4.90 Å². The van der Waals surface area contributed by atoms with Gasteiger partial charge in [0.25, 0.3) is 5.69 Å². The van der Waals surface area contributed by atoms with Crippen LogP contribution in [0.2, 0.25) is 5.02 Å². The topological polar surface area (TPSA) is 116 Å². The number of benzene rings is 2. The Hall–Kier alpha value is -2.27. The van der Waals surface area contributed by atoms with E-state index in [4.69, 9.17) is 22.1 Å². The molecule has 0 saturated carbocycles. The number of carbonyl (C=O) groups excluding carboxylic acids is 2. The van der Waals surface area contributed by atoms with Crippen molar-refractivity contribution in [2.45, 2.75) is 27.0 Å². The SMILES string of the molecule is N[C@@H]1C(=O)N2C[C@](Sc3ccc(Cl)cc3)(C(=O)OCc3ccc([N+](=O)[O-])cc3)S[C@H]12. The van der Waals surface area contributed by atoms with Crippen molar-refractivity contribution in [3.63, 3.8) is 0 Å². The normalized spacial score (nSPS) is 24.9. The number of halogens is 1. The molecule has 0 aliphatic carbocycles. The number of rotatable bonds is 6. The van der Waals surface area contributed by atoms with E-state index in [-0.39, 0.29) is 30.1 Å². The van der Waals surface area contributed by atoms with E-state index < -0.39 is 21.0 Å². The van der Waals surface area contributed by atoms with Crippen LogP contribution in [0, 0.1) is 10.1 Å². The first kappa shape index (κ1) is 21.0. The van der Waals surface area contributed by atoms with Crippen molar-refractivity contribution >= 4 is 52.7 Å². The molecule has 2 heterocycles. The lowest BCUT2D eigenvalue weighted by atomic mass is 10.1. The molecule has 11 heteroatoms. The molecule has 30 heavy (non-hydrogen) atoms. The van der Waals surface area contributed by atoms with Gasteiger partial charge in [-0.3, -0.25) is 14.9 Å². The summed E-state index contributed by atoms with van der Waals surface area (Å²) in [5, 5.41) is 11.1. The van der Waals surface area contributed by atoms with Gasteiger partial charge in [0.1, 0.15) is 18.0 Å². The van der Waals surface area contributed by atoms with Crippen molar-refractivity contribution in [3.8, 4) is 0 Å². The van der Waals surface area contributed by atoms with Crippen LogP contribution in [0.3, 0.4) is 0 Å². The lowest BCUT2D eigenvalue weighted by Crippen LogP contribution is -2.64. The molecule has 2 fully saturated rings. The molecule has 2 aliphatic heterocycles. The van der Waals surface area contributed by atoms with Crippen molar-refractivity contribution in [2.75, 3.05) is 6.54 Å². The number of nitro benzene ring substituents is 1. The minimum atomic E-state index is -1.07. The number of non-ortho nitro benzene ring substituents is 1. The highest BCUT2D eigenvalue weighted by Crippen LogP contribution is 2.54. The van der Waals surface area contributed by atoms with Gasteiger partial charge in [-0.2, -0.15) is 0 Å². The van der Waals surface area contributed by atoms with Gasteiger partial charge in [0.2, 0.25) is 5.91 Å². The molecule has 2 aliphatic rings. The van der Waals surface area contributed by atoms with Crippen LogP contribution in [-0.2, 0) is 20.9 Å². The van der Waals surface area contributed by atoms with Crippen molar-refractivity contribution in [1.29, 1.82) is 0 Å². The fraction of sp³-hybridized carbons (Fsp3) is 0.263. The summed E-state index contributed by atoms with van der Waals surface area (Å²) < 4.78 is 4.48. The number of fused-ring (bicyclic) bond motifs is 1. The van der Waals surface area contributed by atoms with Crippen LogP contribution in [0.1, 0.15) is 5.56 Å². The maximum Gasteiger partial charge on any atom is 0.335 e. The Labute approximate surface area is 185 Å². The molecule has 0 unspecified atom stereocenters. The van der Waals surface area contributed by atoms with E-state index in [0.29, 0.717) is 10.6 Å². The lowest BCUT2D eigenvalue weighted by molar-refractivity contribution is -0.384. The smallest absolute Gasteiger partial charge is 0.335 e. The number of β-lactam (4-membered cyclic amide) rings is 1. The Bertz CT molecular complexity index is 1000. The first-order valence-electron chi connectivity index (χ1n) is 8.88. The van der Waals surface area contributed by atoms with Gasteiger partial charge >= 0.3 is 5.97 Å². The molecule has 8 nitrogen and oxygen atoms in total. The molecule has 156 valence electrons. The van der Waals surface area contributed by atoms with Gasteiger partial charge in [0, 0.05) is 22.1 Å². The number of nitrogens with zero attached hydrogens (tertiary/aromatic N) is 2. The van der Waals surface area contributed by atoms with Crippen molar-refractivity contribution < 1.29 is 19.2 Å². The molecule has 2 N–H and O–H groups in total. The maximum atomic E-state index is 13.1. The fourth-order valence-corrected chi connectivity index (χ4v) is 6.42. The van der Waals surface area contributed by atoms with Gasteiger partial charge in [-0.25, -0.2) is 4.79 Å². The van der Waals surface area contributed by atoms with Crippen LogP contribution in [0.5, 0.6) is 0 Å². The van der Waals surface area contributed by atoms with Crippen molar-refractivity contribution in [3.05, 3.63) is 69.2 Å². The van der Waals surface area contributed by atoms with Crippen LogP contribution in [-0.4, -0.2) is 43.7 Å². The number of hydrogen-bond donors (Lipinski definition) is 1. The van der Waals surface area contributed by atoms with Gasteiger partial charge in [0.15, 0.2) is 4.08 Å². The first-order chi connectivity index (χ1) is 14.3. The third-order valence-electron chi connectivity index (χ3n) is 4.80. The van der Waals surface area contributed by atoms with Gasteiger partial charge in [-0.05, 0) is 42.0 Å². The second-order valence-corrected chi connectivity index (χ2v) is 10.3.